The molecule has 1 amide bonds. The molecule has 0 saturated heterocycles. The molecule has 0 saturated carbocycles. The first kappa shape index (κ1) is 31.2. The lowest BCUT2D eigenvalue weighted by molar-refractivity contribution is 0.0442. The van der Waals surface area contributed by atoms with E-state index in [9.17, 15) is 27.1 Å². The van der Waals surface area contributed by atoms with Gasteiger partial charge in [0.1, 0.15) is 12.0 Å². The summed E-state index contributed by atoms with van der Waals surface area (Å²) in [5.74, 6) is -2.51. The van der Waals surface area contributed by atoms with Crippen LogP contribution in [-0.4, -0.2) is 56.8 Å². The van der Waals surface area contributed by atoms with Gasteiger partial charge in [0.25, 0.3) is 15.9 Å². The predicted molar refractivity (Wildman–Crippen MR) is 155 cm³/mol. The van der Waals surface area contributed by atoms with Crippen molar-refractivity contribution in [3.63, 3.8) is 0 Å². The van der Waals surface area contributed by atoms with Crippen LogP contribution >= 0.6 is 0 Å². The Bertz CT molecular complexity index is 1690. The maximum absolute atomic E-state index is 15.4. The number of alkyl halides is 1. The molecule has 0 radical (unpaired) electrons. The van der Waals surface area contributed by atoms with Gasteiger partial charge in [-0.3, -0.25) is 19.0 Å². The van der Waals surface area contributed by atoms with Crippen LogP contribution in [0.25, 0.3) is 10.9 Å². The first-order chi connectivity index (χ1) is 20.0. The number of hydrogen-bond donors (Lipinski definition) is 4. The van der Waals surface area contributed by atoms with Crippen LogP contribution in [0, 0.1) is 11.6 Å². The summed E-state index contributed by atoms with van der Waals surface area (Å²) in [6.45, 7) is 2.87. The van der Waals surface area contributed by atoms with Crippen LogP contribution in [0.2, 0.25) is 12.6 Å². The van der Waals surface area contributed by atoms with E-state index in [1.807, 2.05) is 6.07 Å². The van der Waals surface area contributed by atoms with Crippen LogP contribution < -0.4 is 10.0 Å². The summed E-state index contributed by atoms with van der Waals surface area (Å²) in [5, 5.41) is 19.4. The number of nitrogens with zero attached hydrogens (tertiary/aromatic N) is 1. The zero-order chi connectivity index (χ0) is 30.5. The highest BCUT2D eigenvalue weighted by Crippen LogP contribution is 2.28. The summed E-state index contributed by atoms with van der Waals surface area (Å²) in [7, 11) is -7.24. The Kier molecular flexibility index (Phi) is 9.71. The summed E-state index contributed by atoms with van der Waals surface area (Å²) in [4.78, 5) is 12.4. The molecule has 1 heterocycles. The zero-order valence-electron chi connectivity index (χ0n) is 23.0. The number of aliphatic hydroxyl groups excluding tert-OH is 1. The van der Waals surface area contributed by atoms with Gasteiger partial charge in [-0.1, -0.05) is 36.9 Å². The van der Waals surface area contributed by atoms with Crippen molar-refractivity contribution in [2.24, 2.45) is 0 Å². The van der Waals surface area contributed by atoms with Gasteiger partial charge in [-0.05, 0) is 54.9 Å². The van der Waals surface area contributed by atoms with E-state index in [1.54, 1.807) is 31.7 Å². The highest BCUT2D eigenvalue weighted by Gasteiger charge is 2.32. The SMILES string of the molecule is CC(NC(=O)c1n[nH]c2ccccc12)OCC[Si](C)(CF)Cc1c(F)ccc(NS(=O)(=O)c2cccc(CO)c2)c1F. The molecule has 224 valence electrons. The van der Waals surface area contributed by atoms with E-state index >= 15 is 4.39 Å². The Morgan fingerprint density at radius 2 is 1.90 bits per heavy atom. The topological polar surface area (TPSA) is 133 Å². The van der Waals surface area contributed by atoms with Crippen LogP contribution in [0.1, 0.15) is 28.5 Å². The number of rotatable bonds is 13. The number of carbonyl (C=O) groups excluding carboxylic acids is 1. The third kappa shape index (κ3) is 7.18. The van der Waals surface area contributed by atoms with Gasteiger partial charge in [-0.25, -0.2) is 17.2 Å². The van der Waals surface area contributed by atoms with Crippen LogP contribution in [0.3, 0.4) is 0 Å². The first-order valence-corrected chi connectivity index (χ1v) is 17.7. The second-order valence-electron chi connectivity index (χ2n) is 10.3. The van der Waals surface area contributed by atoms with Gasteiger partial charge < -0.3 is 15.2 Å². The van der Waals surface area contributed by atoms with Crippen molar-refractivity contribution in [1.82, 2.24) is 15.5 Å². The Balaban J connectivity index is 1.40. The maximum atomic E-state index is 15.4. The highest BCUT2D eigenvalue weighted by molar-refractivity contribution is 7.92. The van der Waals surface area contributed by atoms with Crippen LogP contribution in [-0.2, 0) is 27.4 Å². The fraction of sp³-hybridized carbons (Fsp3) is 0.286. The molecule has 14 heteroatoms. The molecule has 4 aromatic rings. The van der Waals surface area contributed by atoms with Gasteiger partial charge in [0.05, 0.1) is 37.1 Å². The Hall–Kier alpha value is -3.72. The van der Waals surface area contributed by atoms with Gasteiger partial charge in [0.2, 0.25) is 0 Å². The fourth-order valence-corrected chi connectivity index (χ4v) is 7.72. The molecular weight excluding hydrogens is 589 g/mol. The number of carbonyl (C=O) groups is 1. The molecule has 1 aromatic heterocycles. The molecule has 9 nitrogen and oxygen atoms in total. The summed E-state index contributed by atoms with van der Waals surface area (Å²) in [6.07, 6.45) is -1.56. The third-order valence-corrected chi connectivity index (χ3v) is 11.5. The molecule has 0 aliphatic heterocycles. The molecule has 0 aliphatic carbocycles. The van der Waals surface area contributed by atoms with E-state index < -0.39 is 59.4 Å². The number of nitrogens with one attached hydrogen (secondary N) is 3. The summed E-state index contributed by atoms with van der Waals surface area (Å²) >= 11 is 0. The molecular formula is C28H31F3N4O5SSi. The molecule has 0 spiro atoms. The van der Waals surface area contributed by atoms with Crippen molar-refractivity contribution in [1.29, 1.82) is 0 Å². The number of sulfonamides is 1. The third-order valence-electron chi connectivity index (χ3n) is 6.84. The van der Waals surface area contributed by atoms with Gasteiger partial charge in [0, 0.05) is 17.6 Å². The minimum atomic E-state index is -4.26. The van der Waals surface area contributed by atoms with Crippen molar-refractivity contribution in [3.05, 3.63) is 89.1 Å². The number of aromatic amines is 1. The number of hydrogen-bond acceptors (Lipinski definition) is 6. The lowest BCUT2D eigenvalue weighted by atomic mass is 10.2. The molecule has 4 rings (SSSR count). The largest absolute Gasteiger partial charge is 0.392 e. The number of fused-ring (bicyclic) bond motifs is 1. The van der Waals surface area contributed by atoms with Crippen molar-refractivity contribution >= 4 is 40.6 Å². The molecule has 2 unspecified atom stereocenters. The average molecular weight is 621 g/mol. The van der Waals surface area contributed by atoms with E-state index in [1.165, 1.54) is 24.3 Å². The molecule has 4 N–H and O–H groups in total. The van der Waals surface area contributed by atoms with Gasteiger partial charge in [-0.2, -0.15) is 5.10 Å². The number of ether oxygens (including phenoxy) is 1. The van der Waals surface area contributed by atoms with Crippen LogP contribution in [0.15, 0.2) is 65.6 Å². The molecule has 0 fully saturated rings. The second-order valence-corrected chi connectivity index (χ2v) is 16.7. The summed E-state index contributed by atoms with van der Waals surface area (Å²) < 4.78 is 77.9. The number of anilines is 1. The molecule has 3 aromatic carbocycles. The van der Waals surface area contributed by atoms with E-state index in [2.05, 4.69) is 20.2 Å². The number of para-hydroxylation sites is 1. The smallest absolute Gasteiger partial charge is 0.274 e. The van der Waals surface area contributed by atoms with Crippen LogP contribution in [0.5, 0.6) is 0 Å². The van der Waals surface area contributed by atoms with Gasteiger partial charge in [-0.15, -0.1) is 0 Å². The van der Waals surface area contributed by atoms with Gasteiger partial charge in [0.15, 0.2) is 11.5 Å². The van der Waals surface area contributed by atoms with Crippen molar-refractivity contribution in [3.8, 4) is 0 Å². The van der Waals surface area contributed by atoms with E-state index in [-0.39, 0.29) is 35.9 Å². The molecule has 2 atom stereocenters. The monoisotopic (exact) mass is 620 g/mol. The molecule has 42 heavy (non-hydrogen) atoms. The van der Waals surface area contributed by atoms with Crippen molar-refractivity contribution in [2.75, 3.05) is 17.6 Å². The Morgan fingerprint density at radius 3 is 2.64 bits per heavy atom. The molecule has 0 bridgehead atoms. The summed E-state index contributed by atoms with van der Waals surface area (Å²) in [6, 6.07) is 14.4. The minimum Gasteiger partial charge on any atom is -0.392 e. The second kappa shape index (κ2) is 13.1. The van der Waals surface area contributed by atoms with Crippen molar-refractivity contribution < 1.29 is 36.2 Å². The minimum absolute atomic E-state index is 0.0200. The first-order valence-electron chi connectivity index (χ1n) is 13.1. The lowest BCUT2D eigenvalue weighted by Gasteiger charge is -2.26. The normalized spacial score (nSPS) is 14.0. The number of aliphatic hydroxyl groups is 1. The van der Waals surface area contributed by atoms with Crippen LogP contribution in [0.4, 0.5) is 18.9 Å². The Morgan fingerprint density at radius 1 is 1.14 bits per heavy atom. The number of amides is 1. The standard InChI is InChI=1S/C28H31F3N4O5SSi/c1-18(32-28(37)27-21-8-3-4-9-24(21)33-34-27)40-12-13-42(2,17-29)16-22-23(30)10-11-25(26(22)31)35-41(38,39)20-7-5-6-19(14-20)15-36/h3-11,14,18,35-36H,12-13,15-17H2,1-2H3,(H,32,37)(H,33,34). The maximum Gasteiger partial charge on any atom is 0.274 e. The highest BCUT2D eigenvalue weighted by atomic mass is 32.2. The molecule has 0 aliphatic rings. The number of halogens is 3. The van der Waals surface area contributed by atoms with E-state index in [0.717, 1.165) is 12.1 Å². The lowest BCUT2D eigenvalue weighted by Crippen LogP contribution is -2.41. The zero-order valence-corrected chi connectivity index (χ0v) is 24.8. The predicted octanol–water partition coefficient (Wildman–Crippen LogP) is 4.60. The van der Waals surface area contributed by atoms with E-state index in [4.69, 9.17) is 4.74 Å². The quantitative estimate of drug-likeness (QED) is 0.128. The number of aromatic nitrogens is 2. The number of H-pyrrole nitrogens is 1. The number of benzene rings is 3. The summed E-state index contributed by atoms with van der Waals surface area (Å²) in [5.41, 5.74) is 0.348. The van der Waals surface area contributed by atoms with Crippen molar-refractivity contribution in [2.45, 2.75) is 43.3 Å². The van der Waals surface area contributed by atoms with Gasteiger partial charge >= 0.3 is 0 Å². The average Bonchev–Trinajstić information content (AvgIpc) is 3.41. The Labute approximate surface area is 242 Å². The fourth-order valence-electron chi connectivity index (χ4n) is 4.40. The van der Waals surface area contributed by atoms with E-state index in [0.29, 0.717) is 16.5 Å².